The number of rotatable bonds is 3. The predicted molar refractivity (Wildman–Crippen MR) is 112 cm³/mol. The Hall–Kier alpha value is -3.15. The molecule has 0 spiro atoms. The van der Waals surface area contributed by atoms with Gasteiger partial charge in [-0.1, -0.05) is 30.3 Å². The minimum atomic E-state index is 0.833. The predicted octanol–water partition coefficient (Wildman–Crippen LogP) is 2.76. The van der Waals surface area contributed by atoms with E-state index in [0.29, 0.717) is 0 Å². The van der Waals surface area contributed by atoms with Gasteiger partial charge in [-0.25, -0.2) is 9.97 Å². The summed E-state index contributed by atoms with van der Waals surface area (Å²) in [6, 6.07) is 16.8. The average molecular weight is 372 g/mol. The highest BCUT2D eigenvalue weighted by molar-refractivity contribution is 5.48. The molecule has 142 valence electrons. The Morgan fingerprint density at radius 1 is 0.607 bits per heavy atom. The van der Waals surface area contributed by atoms with Crippen LogP contribution in [-0.2, 0) is 13.0 Å². The molecule has 1 fully saturated rings. The molecule has 6 nitrogen and oxygen atoms in total. The monoisotopic (exact) mass is 372 g/mol. The lowest BCUT2D eigenvalue weighted by atomic mass is 10.0. The molecular weight excluding hydrogens is 348 g/mol. The summed E-state index contributed by atoms with van der Waals surface area (Å²) in [4.78, 5) is 20.9. The van der Waals surface area contributed by atoms with Crippen molar-refractivity contribution in [3.05, 3.63) is 72.1 Å². The molecule has 2 aliphatic rings. The van der Waals surface area contributed by atoms with E-state index in [1.54, 1.807) is 0 Å². The SMILES string of the molecule is c1ccc(N2CCN(c3ccnc(N4CCc5ccccc5C4)n3)CC2)nc1. The molecule has 1 aromatic carbocycles. The molecule has 2 aliphatic heterocycles. The van der Waals surface area contributed by atoms with Crippen LogP contribution in [0.3, 0.4) is 0 Å². The van der Waals surface area contributed by atoms with Crippen molar-refractivity contribution < 1.29 is 0 Å². The number of anilines is 3. The van der Waals surface area contributed by atoms with Crippen LogP contribution >= 0.6 is 0 Å². The molecule has 0 bridgehead atoms. The highest BCUT2D eigenvalue weighted by Gasteiger charge is 2.22. The zero-order valence-corrected chi connectivity index (χ0v) is 15.9. The Labute approximate surface area is 165 Å². The quantitative estimate of drug-likeness (QED) is 0.705. The summed E-state index contributed by atoms with van der Waals surface area (Å²) < 4.78 is 0. The molecule has 4 heterocycles. The summed E-state index contributed by atoms with van der Waals surface area (Å²) in [5.41, 5.74) is 2.83. The molecule has 0 N–H and O–H groups in total. The van der Waals surface area contributed by atoms with E-state index in [2.05, 4.69) is 55.0 Å². The summed E-state index contributed by atoms with van der Waals surface area (Å²) in [6.07, 6.45) is 4.80. The molecule has 0 unspecified atom stereocenters. The van der Waals surface area contributed by atoms with Gasteiger partial charge >= 0.3 is 0 Å². The first-order chi connectivity index (χ1) is 13.9. The number of fused-ring (bicyclic) bond motifs is 1. The minimum absolute atomic E-state index is 0.833. The Kier molecular flexibility index (Phi) is 4.53. The number of benzene rings is 1. The van der Waals surface area contributed by atoms with Crippen molar-refractivity contribution in [2.24, 2.45) is 0 Å². The fourth-order valence-electron chi connectivity index (χ4n) is 4.04. The lowest BCUT2D eigenvalue weighted by Crippen LogP contribution is -2.47. The second kappa shape index (κ2) is 7.46. The number of hydrogen-bond acceptors (Lipinski definition) is 6. The molecule has 0 radical (unpaired) electrons. The van der Waals surface area contributed by atoms with Crippen molar-refractivity contribution in [2.45, 2.75) is 13.0 Å². The number of nitrogens with zero attached hydrogens (tertiary/aromatic N) is 6. The molecule has 0 atom stereocenters. The Bertz CT molecular complexity index is 937. The van der Waals surface area contributed by atoms with Gasteiger partial charge in [0.15, 0.2) is 0 Å². The standard InChI is InChI=1S/C22H24N6/c1-2-6-19-17-28(12-9-18(19)5-1)22-24-11-8-21(25-22)27-15-13-26(14-16-27)20-7-3-4-10-23-20/h1-8,10-11H,9,12-17H2. The number of aromatic nitrogens is 3. The molecule has 0 saturated carbocycles. The smallest absolute Gasteiger partial charge is 0.227 e. The second-order valence-corrected chi connectivity index (χ2v) is 7.32. The zero-order chi connectivity index (χ0) is 18.8. The van der Waals surface area contributed by atoms with Gasteiger partial charge in [-0.15, -0.1) is 0 Å². The highest BCUT2D eigenvalue weighted by Crippen LogP contribution is 2.24. The highest BCUT2D eigenvalue weighted by atomic mass is 15.3. The fraction of sp³-hybridized carbons (Fsp3) is 0.318. The van der Waals surface area contributed by atoms with E-state index < -0.39 is 0 Å². The van der Waals surface area contributed by atoms with Crippen molar-refractivity contribution in [3.63, 3.8) is 0 Å². The summed E-state index contributed by atoms with van der Waals surface area (Å²) in [7, 11) is 0. The van der Waals surface area contributed by atoms with Crippen LogP contribution in [0, 0.1) is 0 Å². The minimum Gasteiger partial charge on any atom is -0.353 e. The maximum Gasteiger partial charge on any atom is 0.227 e. The van der Waals surface area contributed by atoms with Crippen molar-refractivity contribution in [2.75, 3.05) is 47.4 Å². The molecule has 3 aromatic rings. The molecule has 0 aliphatic carbocycles. The van der Waals surface area contributed by atoms with Crippen molar-refractivity contribution >= 4 is 17.6 Å². The second-order valence-electron chi connectivity index (χ2n) is 7.32. The van der Waals surface area contributed by atoms with Gasteiger partial charge in [0.25, 0.3) is 0 Å². The molecule has 6 heteroatoms. The average Bonchev–Trinajstić information content (AvgIpc) is 2.79. The molecular formula is C22H24N6. The van der Waals surface area contributed by atoms with Crippen LogP contribution in [0.4, 0.5) is 17.6 Å². The maximum atomic E-state index is 4.90. The Morgan fingerprint density at radius 2 is 1.36 bits per heavy atom. The first-order valence-corrected chi connectivity index (χ1v) is 9.92. The number of pyridine rings is 1. The van der Waals surface area contributed by atoms with E-state index in [4.69, 9.17) is 4.98 Å². The van der Waals surface area contributed by atoms with Crippen LogP contribution in [0.1, 0.15) is 11.1 Å². The molecule has 28 heavy (non-hydrogen) atoms. The maximum absolute atomic E-state index is 4.90. The first-order valence-electron chi connectivity index (χ1n) is 9.92. The topological polar surface area (TPSA) is 48.4 Å². The van der Waals surface area contributed by atoms with E-state index in [0.717, 1.165) is 63.3 Å². The van der Waals surface area contributed by atoms with Crippen LogP contribution in [0.2, 0.25) is 0 Å². The molecule has 0 amide bonds. The largest absolute Gasteiger partial charge is 0.353 e. The van der Waals surface area contributed by atoms with Gasteiger partial charge < -0.3 is 14.7 Å². The summed E-state index contributed by atoms with van der Waals surface area (Å²) >= 11 is 0. The van der Waals surface area contributed by atoms with Gasteiger partial charge in [-0.05, 0) is 35.7 Å². The summed E-state index contributed by atoms with van der Waals surface area (Å²) in [5, 5.41) is 0. The van der Waals surface area contributed by atoms with Gasteiger partial charge in [0.1, 0.15) is 11.6 Å². The van der Waals surface area contributed by atoms with Gasteiger partial charge in [0, 0.05) is 51.7 Å². The van der Waals surface area contributed by atoms with Crippen molar-refractivity contribution in [1.82, 2.24) is 15.0 Å². The van der Waals surface area contributed by atoms with E-state index in [1.807, 2.05) is 30.6 Å². The van der Waals surface area contributed by atoms with Gasteiger partial charge in [0.05, 0.1) is 0 Å². The van der Waals surface area contributed by atoms with E-state index >= 15 is 0 Å². The molecule has 2 aromatic heterocycles. The van der Waals surface area contributed by atoms with E-state index in [9.17, 15) is 0 Å². The normalized spacial score (nSPS) is 16.8. The van der Waals surface area contributed by atoms with Gasteiger partial charge in [-0.3, -0.25) is 0 Å². The van der Waals surface area contributed by atoms with Crippen LogP contribution in [0.5, 0.6) is 0 Å². The van der Waals surface area contributed by atoms with Crippen LogP contribution < -0.4 is 14.7 Å². The molecule has 5 rings (SSSR count). The zero-order valence-electron chi connectivity index (χ0n) is 15.9. The van der Waals surface area contributed by atoms with E-state index in [-0.39, 0.29) is 0 Å². The van der Waals surface area contributed by atoms with Gasteiger partial charge in [0.2, 0.25) is 5.95 Å². The number of hydrogen-bond donors (Lipinski definition) is 0. The van der Waals surface area contributed by atoms with Crippen LogP contribution in [0.25, 0.3) is 0 Å². The van der Waals surface area contributed by atoms with Crippen LogP contribution in [0.15, 0.2) is 60.9 Å². The van der Waals surface area contributed by atoms with E-state index in [1.165, 1.54) is 11.1 Å². The lowest BCUT2D eigenvalue weighted by Gasteiger charge is -2.36. The lowest BCUT2D eigenvalue weighted by molar-refractivity contribution is 0.638. The van der Waals surface area contributed by atoms with Crippen molar-refractivity contribution in [1.29, 1.82) is 0 Å². The third-order valence-electron chi connectivity index (χ3n) is 5.62. The Balaban J connectivity index is 1.28. The third kappa shape index (κ3) is 3.38. The van der Waals surface area contributed by atoms with Crippen LogP contribution in [-0.4, -0.2) is 47.7 Å². The Morgan fingerprint density at radius 3 is 2.14 bits per heavy atom. The molecule has 1 saturated heterocycles. The summed E-state index contributed by atoms with van der Waals surface area (Å²) in [5.74, 6) is 2.90. The third-order valence-corrected chi connectivity index (χ3v) is 5.62. The summed E-state index contributed by atoms with van der Waals surface area (Å²) in [6.45, 7) is 5.63. The first kappa shape index (κ1) is 17.0. The fourth-order valence-corrected chi connectivity index (χ4v) is 4.04. The number of piperazine rings is 1. The van der Waals surface area contributed by atoms with Gasteiger partial charge in [-0.2, -0.15) is 4.98 Å². The van der Waals surface area contributed by atoms with Crippen molar-refractivity contribution in [3.8, 4) is 0 Å².